The fourth-order valence-corrected chi connectivity index (χ4v) is 2.11. The third-order valence-electron chi connectivity index (χ3n) is 3.04. The molecule has 0 aliphatic rings. The number of benzene rings is 2. The predicted octanol–water partition coefficient (Wildman–Crippen LogP) is 4.17. The van der Waals surface area contributed by atoms with Crippen LogP contribution in [0.15, 0.2) is 42.5 Å². The zero-order valence-electron chi connectivity index (χ0n) is 12.5. The molecule has 2 aromatic rings. The highest BCUT2D eigenvalue weighted by Crippen LogP contribution is 2.30. The molecule has 0 aliphatic carbocycles. The molecule has 0 saturated carbocycles. The Hall–Kier alpha value is -2.94. The number of carbonyl (C=O) groups excluding carboxylic acids is 1. The summed E-state index contributed by atoms with van der Waals surface area (Å²) in [6.45, 7) is -3.07. The topological polar surface area (TPSA) is 93.5 Å². The first kappa shape index (κ1) is 18.4. The second-order valence-corrected chi connectivity index (χ2v) is 5.12. The van der Waals surface area contributed by atoms with Crippen LogP contribution in [0.1, 0.15) is 5.56 Å². The maximum absolute atomic E-state index is 12.4. The van der Waals surface area contributed by atoms with Crippen molar-refractivity contribution in [3.05, 3.63) is 63.2 Å². The zero-order chi connectivity index (χ0) is 18.4. The largest absolute Gasteiger partial charge is 0.433 e. The lowest BCUT2D eigenvalue weighted by molar-refractivity contribution is -0.384. The highest BCUT2D eigenvalue weighted by molar-refractivity contribution is 6.31. The van der Waals surface area contributed by atoms with Crippen molar-refractivity contribution in [3.8, 4) is 5.75 Å². The SMILES string of the molecule is O=C(NCc1ccccc1Cl)Nc1cc([N+](=O)[O-])ccc1OC(F)F. The molecular formula is C15H12ClF2N3O4. The minimum atomic E-state index is -3.15. The average molecular weight is 372 g/mol. The van der Waals surface area contributed by atoms with Crippen molar-refractivity contribution >= 4 is 29.0 Å². The molecule has 0 radical (unpaired) electrons. The Morgan fingerprint density at radius 1 is 1.28 bits per heavy atom. The molecule has 132 valence electrons. The van der Waals surface area contributed by atoms with E-state index in [4.69, 9.17) is 11.6 Å². The Morgan fingerprint density at radius 3 is 2.64 bits per heavy atom. The molecular weight excluding hydrogens is 360 g/mol. The molecule has 0 fully saturated rings. The molecule has 2 N–H and O–H groups in total. The van der Waals surface area contributed by atoms with Crippen LogP contribution in [-0.4, -0.2) is 17.6 Å². The van der Waals surface area contributed by atoms with Crippen molar-refractivity contribution in [2.24, 2.45) is 0 Å². The number of amides is 2. The smallest absolute Gasteiger partial charge is 0.387 e. The Bertz CT molecular complexity index is 789. The minimum absolute atomic E-state index is 0.0749. The first-order chi connectivity index (χ1) is 11.9. The van der Waals surface area contributed by atoms with Gasteiger partial charge in [0.25, 0.3) is 5.69 Å². The number of halogens is 3. The fraction of sp³-hybridized carbons (Fsp3) is 0.133. The van der Waals surface area contributed by atoms with Crippen LogP contribution in [0, 0.1) is 10.1 Å². The van der Waals surface area contributed by atoms with E-state index in [2.05, 4.69) is 15.4 Å². The summed E-state index contributed by atoms with van der Waals surface area (Å²) < 4.78 is 29.1. The highest BCUT2D eigenvalue weighted by atomic mass is 35.5. The molecule has 2 rings (SSSR count). The summed E-state index contributed by atoms with van der Waals surface area (Å²) in [6, 6.07) is 8.93. The molecule has 0 bridgehead atoms. The zero-order valence-corrected chi connectivity index (χ0v) is 13.3. The summed E-state index contributed by atoms with van der Waals surface area (Å²) in [4.78, 5) is 22.0. The number of nitrogens with zero attached hydrogens (tertiary/aromatic N) is 1. The van der Waals surface area contributed by atoms with Gasteiger partial charge in [0.1, 0.15) is 5.75 Å². The summed E-state index contributed by atoms with van der Waals surface area (Å²) in [5.41, 5.74) is -0.00316. The first-order valence-electron chi connectivity index (χ1n) is 6.88. The van der Waals surface area contributed by atoms with E-state index in [0.717, 1.165) is 18.2 Å². The molecule has 10 heteroatoms. The normalized spacial score (nSPS) is 10.4. The number of hydrogen-bond acceptors (Lipinski definition) is 4. The van der Waals surface area contributed by atoms with E-state index in [1.807, 2.05) is 0 Å². The van der Waals surface area contributed by atoms with Crippen LogP contribution in [0.2, 0.25) is 5.02 Å². The van der Waals surface area contributed by atoms with Gasteiger partial charge in [0.15, 0.2) is 0 Å². The van der Waals surface area contributed by atoms with E-state index in [-0.39, 0.29) is 17.9 Å². The number of rotatable bonds is 6. The number of nitro groups is 1. The van der Waals surface area contributed by atoms with Crippen LogP contribution < -0.4 is 15.4 Å². The van der Waals surface area contributed by atoms with E-state index in [9.17, 15) is 23.7 Å². The van der Waals surface area contributed by atoms with Gasteiger partial charge in [-0.25, -0.2) is 4.79 Å². The number of nitrogens with one attached hydrogen (secondary N) is 2. The van der Waals surface area contributed by atoms with Gasteiger partial charge in [-0.05, 0) is 17.7 Å². The van der Waals surface area contributed by atoms with Crippen LogP contribution in [0.5, 0.6) is 5.75 Å². The molecule has 0 aliphatic heterocycles. The van der Waals surface area contributed by atoms with E-state index in [1.165, 1.54) is 0 Å². The van der Waals surface area contributed by atoms with Gasteiger partial charge in [0.05, 0.1) is 10.6 Å². The van der Waals surface area contributed by atoms with Gasteiger partial charge in [-0.1, -0.05) is 29.8 Å². The summed E-state index contributed by atoms with van der Waals surface area (Å²) in [7, 11) is 0. The fourth-order valence-electron chi connectivity index (χ4n) is 1.91. The average Bonchev–Trinajstić information content (AvgIpc) is 2.55. The van der Waals surface area contributed by atoms with Gasteiger partial charge < -0.3 is 15.4 Å². The Morgan fingerprint density at radius 2 is 2.00 bits per heavy atom. The van der Waals surface area contributed by atoms with Crippen LogP contribution >= 0.6 is 11.6 Å². The van der Waals surface area contributed by atoms with Crippen molar-refractivity contribution in [2.75, 3.05) is 5.32 Å². The molecule has 0 spiro atoms. The van der Waals surface area contributed by atoms with Gasteiger partial charge in [-0.15, -0.1) is 0 Å². The lowest BCUT2D eigenvalue weighted by atomic mass is 10.2. The second-order valence-electron chi connectivity index (χ2n) is 4.72. The molecule has 0 heterocycles. The molecule has 7 nitrogen and oxygen atoms in total. The molecule has 0 atom stereocenters. The number of hydrogen-bond donors (Lipinski definition) is 2. The number of alkyl halides is 2. The van der Waals surface area contributed by atoms with E-state index < -0.39 is 23.3 Å². The van der Waals surface area contributed by atoms with E-state index in [1.54, 1.807) is 24.3 Å². The first-order valence-corrected chi connectivity index (χ1v) is 7.26. The van der Waals surface area contributed by atoms with Crippen molar-refractivity contribution in [1.82, 2.24) is 5.32 Å². The summed E-state index contributed by atoms with van der Waals surface area (Å²) >= 11 is 5.96. The van der Waals surface area contributed by atoms with Gasteiger partial charge in [-0.2, -0.15) is 8.78 Å². The maximum atomic E-state index is 12.4. The predicted molar refractivity (Wildman–Crippen MR) is 87.0 cm³/mol. The number of carbonyl (C=O) groups is 1. The number of anilines is 1. The van der Waals surface area contributed by atoms with Crippen molar-refractivity contribution in [3.63, 3.8) is 0 Å². The van der Waals surface area contributed by atoms with Gasteiger partial charge in [0, 0.05) is 23.7 Å². The Kier molecular flexibility index (Phi) is 6.07. The second kappa shape index (κ2) is 8.25. The lowest BCUT2D eigenvalue weighted by Crippen LogP contribution is -2.28. The van der Waals surface area contributed by atoms with Crippen LogP contribution in [-0.2, 0) is 6.54 Å². The monoisotopic (exact) mass is 371 g/mol. The van der Waals surface area contributed by atoms with Crippen LogP contribution in [0.3, 0.4) is 0 Å². The third kappa shape index (κ3) is 5.28. The van der Waals surface area contributed by atoms with Crippen molar-refractivity contribution < 1.29 is 23.2 Å². The van der Waals surface area contributed by atoms with E-state index in [0.29, 0.717) is 10.6 Å². The quantitative estimate of drug-likeness (QED) is 0.588. The Balaban J connectivity index is 2.11. The number of nitro benzene ring substituents is 1. The molecule has 0 aromatic heterocycles. The molecule has 0 saturated heterocycles. The third-order valence-corrected chi connectivity index (χ3v) is 3.40. The standard InChI is InChI=1S/C15H12ClF2N3O4/c16-11-4-2-1-3-9(11)8-19-15(22)20-12-7-10(21(23)24)5-6-13(12)25-14(17)18/h1-7,14H,8H2,(H2,19,20,22). The van der Waals surface area contributed by atoms with Gasteiger partial charge >= 0.3 is 12.6 Å². The van der Waals surface area contributed by atoms with Gasteiger partial charge in [-0.3, -0.25) is 10.1 Å². The molecule has 2 amide bonds. The number of ether oxygens (including phenoxy) is 1. The van der Waals surface area contributed by atoms with Crippen LogP contribution in [0.4, 0.5) is 25.0 Å². The summed E-state index contributed by atoms with van der Waals surface area (Å²) in [6.07, 6.45) is 0. The number of non-ortho nitro benzene ring substituents is 1. The van der Waals surface area contributed by atoms with Gasteiger partial charge in [0.2, 0.25) is 0 Å². The maximum Gasteiger partial charge on any atom is 0.387 e. The minimum Gasteiger partial charge on any atom is -0.433 e. The highest BCUT2D eigenvalue weighted by Gasteiger charge is 2.16. The van der Waals surface area contributed by atoms with Crippen molar-refractivity contribution in [2.45, 2.75) is 13.2 Å². The van der Waals surface area contributed by atoms with Crippen molar-refractivity contribution in [1.29, 1.82) is 0 Å². The lowest BCUT2D eigenvalue weighted by Gasteiger charge is -2.13. The van der Waals surface area contributed by atoms with Crippen LogP contribution in [0.25, 0.3) is 0 Å². The molecule has 25 heavy (non-hydrogen) atoms. The summed E-state index contributed by atoms with van der Waals surface area (Å²) in [5.74, 6) is -0.395. The molecule has 2 aromatic carbocycles. The van der Waals surface area contributed by atoms with E-state index >= 15 is 0 Å². The Labute approximate surface area is 145 Å². The number of urea groups is 1. The molecule has 0 unspecified atom stereocenters. The summed E-state index contributed by atoms with van der Waals surface area (Å²) in [5, 5.41) is 16.0.